The summed E-state index contributed by atoms with van der Waals surface area (Å²) in [7, 11) is 1.36. The van der Waals surface area contributed by atoms with Crippen molar-refractivity contribution in [1.82, 2.24) is 10.2 Å². The molecule has 1 saturated heterocycles. The number of carbonyl (C=O) groups excluding carboxylic acids is 2. The van der Waals surface area contributed by atoms with Gasteiger partial charge >= 0.3 is 5.97 Å². The molecule has 114 valence electrons. The molecule has 1 unspecified atom stereocenters. The first-order valence-corrected chi connectivity index (χ1v) is 7.39. The molecule has 1 N–H and O–H groups in total. The second-order valence-corrected chi connectivity index (χ2v) is 5.49. The fourth-order valence-corrected chi connectivity index (χ4v) is 2.89. The minimum absolute atomic E-state index is 0.00676. The molecule has 0 radical (unpaired) electrons. The summed E-state index contributed by atoms with van der Waals surface area (Å²) in [5.41, 5.74) is 0. The van der Waals surface area contributed by atoms with E-state index in [2.05, 4.69) is 5.32 Å². The summed E-state index contributed by atoms with van der Waals surface area (Å²) >= 11 is 0. The molecule has 2 rings (SSSR count). The molecule has 0 aromatic rings. The van der Waals surface area contributed by atoms with E-state index >= 15 is 0 Å². The number of amides is 1. The van der Waals surface area contributed by atoms with Crippen LogP contribution in [0.25, 0.3) is 0 Å². The third kappa shape index (κ3) is 4.18. The van der Waals surface area contributed by atoms with E-state index < -0.39 is 6.04 Å². The van der Waals surface area contributed by atoms with Gasteiger partial charge in [0.2, 0.25) is 5.91 Å². The molecule has 20 heavy (non-hydrogen) atoms. The van der Waals surface area contributed by atoms with Crippen molar-refractivity contribution in [1.29, 1.82) is 0 Å². The lowest BCUT2D eigenvalue weighted by molar-refractivity contribution is -0.154. The molecule has 1 saturated carbocycles. The summed E-state index contributed by atoms with van der Waals surface area (Å²) in [6.45, 7) is 1.66. The first kappa shape index (κ1) is 15.3. The Morgan fingerprint density at radius 2 is 2.05 bits per heavy atom. The molecule has 0 aromatic heterocycles. The van der Waals surface area contributed by atoms with Crippen LogP contribution in [0.1, 0.15) is 32.1 Å². The molecule has 0 bridgehead atoms. The number of nitrogens with one attached hydrogen (secondary N) is 1. The molecule has 6 heteroatoms. The molecule has 1 amide bonds. The molecule has 0 aromatic carbocycles. The predicted octanol–water partition coefficient (Wildman–Crippen LogP) is 0.309. The van der Waals surface area contributed by atoms with E-state index in [-0.39, 0.29) is 18.4 Å². The van der Waals surface area contributed by atoms with Crippen molar-refractivity contribution in [2.45, 2.75) is 44.2 Å². The van der Waals surface area contributed by atoms with E-state index in [1.165, 1.54) is 26.4 Å². The Labute approximate surface area is 119 Å². The standard InChI is InChI=1S/C14H24N2O4/c1-19-14(18)12-10-20-8-7-16(12)9-13(17)15-11-5-3-2-4-6-11/h11-12H,2-10H2,1H3,(H,15,17). The van der Waals surface area contributed by atoms with E-state index in [0.717, 1.165) is 12.8 Å². The fraction of sp³-hybridized carbons (Fsp3) is 0.857. The van der Waals surface area contributed by atoms with Crippen molar-refractivity contribution in [3.8, 4) is 0 Å². The highest BCUT2D eigenvalue weighted by atomic mass is 16.5. The second-order valence-electron chi connectivity index (χ2n) is 5.49. The van der Waals surface area contributed by atoms with Gasteiger partial charge in [0.25, 0.3) is 0 Å². The number of nitrogens with zero attached hydrogens (tertiary/aromatic N) is 1. The highest BCUT2D eigenvalue weighted by Gasteiger charge is 2.31. The van der Waals surface area contributed by atoms with Crippen molar-refractivity contribution >= 4 is 11.9 Å². The number of hydrogen-bond donors (Lipinski definition) is 1. The third-order valence-corrected chi connectivity index (χ3v) is 4.03. The number of morpholine rings is 1. The topological polar surface area (TPSA) is 67.9 Å². The quantitative estimate of drug-likeness (QED) is 0.753. The maximum atomic E-state index is 12.1. The van der Waals surface area contributed by atoms with Crippen molar-refractivity contribution in [3.63, 3.8) is 0 Å². The van der Waals surface area contributed by atoms with Crippen LogP contribution in [0.5, 0.6) is 0 Å². The van der Waals surface area contributed by atoms with E-state index in [0.29, 0.717) is 25.8 Å². The number of ether oxygens (including phenoxy) is 2. The van der Waals surface area contributed by atoms with Crippen molar-refractivity contribution in [2.24, 2.45) is 0 Å². The summed E-state index contributed by atoms with van der Waals surface area (Å²) in [6, 6.07) is -0.167. The first-order chi connectivity index (χ1) is 9.70. The highest BCUT2D eigenvalue weighted by molar-refractivity contribution is 5.80. The van der Waals surface area contributed by atoms with Crippen LogP contribution in [0.4, 0.5) is 0 Å². The van der Waals surface area contributed by atoms with E-state index in [4.69, 9.17) is 9.47 Å². The van der Waals surface area contributed by atoms with Crippen LogP contribution in [0.15, 0.2) is 0 Å². The second kappa shape index (κ2) is 7.59. The van der Waals surface area contributed by atoms with Crippen molar-refractivity contribution in [3.05, 3.63) is 0 Å². The van der Waals surface area contributed by atoms with Gasteiger partial charge in [-0.25, -0.2) is 0 Å². The molecular weight excluding hydrogens is 260 g/mol. The monoisotopic (exact) mass is 284 g/mol. The zero-order valence-electron chi connectivity index (χ0n) is 12.1. The van der Waals surface area contributed by atoms with Crippen LogP contribution in [0.2, 0.25) is 0 Å². The number of methoxy groups -OCH3 is 1. The van der Waals surface area contributed by atoms with Crippen LogP contribution in [-0.2, 0) is 19.1 Å². The summed E-state index contributed by atoms with van der Waals surface area (Å²) in [4.78, 5) is 25.6. The van der Waals surface area contributed by atoms with Gasteiger partial charge in [0.05, 0.1) is 26.9 Å². The molecule has 1 aliphatic heterocycles. The first-order valence-electron chi connectivity index (χ1n) is 7.39. The highest BCUT2D eigenvalue weighted by Crippen LogP contribution is 2.17. The Morgan fingerprint density at radius 1 is 1.30 bits per heavy atom. The Kier molecular flexibility index (Phi) is 5.79. The lowest BCUT2D eigenvalue weighted by Crippen LogP contribution is -2.54. The molecule has 0 spiro atoms. The Morgan fingerprint density at radius 3 is 2.75 bits per heavy atom. The summed E-state index contributed by atoms with van der Waals surface area (Å²) < 4.78 is 10.1. The van der Waals surface area contributed by atoms with Gasteiger partial charge in [-0.1, -0.05) is 19.3 Å². The zero-order chi connectivity index (χ0) is 14.4. The number of rotatable bonds is 4. The smallest absolute Gasteiger partial charge is 0.325 e. The molecule has 1 heterocycles. The Bertz CT molecular complexity index is 342. The molecule has 1 atom stereocenters. The zero-order valence-corrected chi connectivity index (χ0v) is 12.1. The van der Waals surface area contributed by atoms with Gasteiger partial charge in [0, 0.05) is 12.6 Å². The van der Waals surface area contributed by atoms with E-state index in [9.17, 15) is 9.59 Å². The Hall–Kier alpha value is -1.14. The van der Waals surface area contributed by atoms with Gasteiger partial charge in [0.1, 0.15) is 6.04 Å². The summed E-state index contributed by atoms with van der Waals surface area (Å²) in [5.74, 6) is -0.345. The van der Waals surface area contributed by atoms with Gasteiger partial charge in [-0.15, -0.1) is 0 Å². The number of carbonyl (C=O) groups is 2. The van der Waals surface area contributed by atoms with Crippen LogP contribution in [-0.4, -0.2) is 62.3 Å². The van der Waals surface area contributed by atoms with Crippen molar-refractivity contribution in [2.75, 3.05) is 33.4 Å². The van der Waals surface area contributed by atoms with Crippen molar-refractivity contribution < 1.29 is 19.1 Å². The normalized spacial score (nSPS) is 25.1. The minimum atomic E-state index is -0.467. The van der Waals surface area contributed by atoms with Crippen LogP contribution in [0, 0.1) is 0 Å². The number of hydrogen-bond acceptors (Lipinski definition) is 5. The number of esters is 1. The van der Waals surface area contributed by atoms with E-state index in [1.807, 2.05) is 4.90 Å². The van der Waals surface area contributed by atoms with Gasteiger partial charge in [0.15, 0.2) is 0 Å². The largest absolute Gasteiger partial charge is 0.468 e. The van der Waals surface area contributed by atoms with Crippen LogP contribution >= 0.6 is 0 Å². The van der Waals surface area contributed by atoms with Gasteiger partial charge < -0.3 is 14.8 Å². The summed E-state index contributed by atoms with van der Waals surface area (Å²) in [5, 5.41) is 3.07. The molecule has 2 fully saturated rings. The maximum absolute atomic E-state index is 12.1. The Balaban J connectivity index is 1.82. The fourth-order valence-electron chi connectivity index (χ4n) is 2.89. The molecule has 2 aliphatic rings. The predicted molar refractivity (Wildman–Crippen MR) is 73.2 cm³/mol. The third-order valence-electron chi connectivity index (χ3n) is 4.03. The summed E-state index contributed by atoms with van der Waals surface area (Å²) in [6.07, 6.45) is 5.77. The van der Waals surface area contributed by atoms with Crippen LogP contribution in [0.3, 0.4) is 0 Å². The van der Waals surface area contributed by atoms with E-state index in [1.54, 1.807) is 0 Å². The average molecular weight is 284 g/mol. The lowest BCUT2D eigenvalue weighted by atomic mass is 9.95. The average Bonchev–Trinajstić information content (AvgIpc) is 2.48. The molecule has 1 aliphatic carbocycles. The van der Waals surface area contributed by atoms with Gasteiger partial charge in [-0.2, -0.15) is 0 Å². The minimum Gasteiger partial charge on any atom is -0.468 e. The molecular formula is C14H24N2O4. The SMILES string of the molecule is COC(=O)C1COCCN1CC(=O)NC1CCCCC1. The van der Waals surface area contributed by atoms with Gasteiger partial charge in [-0.05, 0) is 12.8 Å². The molecule has 6 nitrogen and oxygen atoms in total. The lowest BCUT2D eigenvalue weighted by Gasteiger charge is -2.33. The maximum Gasteiger partial charge on any atom is 0.325 e. The van der Waals surface area contributed by atoms with Gasteiger partial charge in [-0.3, -0.25) is 14.5 Å². The van der Waals surface area contributed by atoms with Crippen LogP contribution < -0.4 is 5.32 Å².